The Labute approximate surface area is 281 Å². The predicted molar refractivity (Wildman–Crippen MR) is 181 cm³/mol. The summed E-state index contributed by atoms with van der Waals surface area (Å²) in [6.45, 7) is 7.11. The van der Waals surface area contributed by atoms with Crippen LogP contribution in [-0.2, 0) is 40.8 Å². The van der Waals surface area contributed by atoms with E-state index in [1.54, 1.807) is 45.0 Å². The summed E-state index contributed by atoms with van der Waals surface area (Å²) in [5, 5.41) is 7.84. The molecule has 0 unspecified atom stereocenters. The highest BCUT2D eigenvalue weighted by molar-refractivity contribution is 7.98. The average Bonchev–Trinajstić information content (AvgIpc) is 3.00. The fourth-order valence-corrected chi connectivity index (χ4v) is 6.04. The van der Waals surface area contributed by atoms with E-state index in [0.717, 1.165) is 48.8 Å². The van der Waals surface area contributed by atoms with E-state index in [1.807, 2.05) is 37.3 Å². The summed E-state index contributed by atoms with van der Waals surface area (Å²) >= 11 is 1.41. The first-order chi connectivity index (χ1) is 22.3. The van der Waals surface area contributed by atoms with Crippen molar-refractivity contribution in [2.24, 2.45) is 5.73 Å². The second-order valence-corrected chi connectivity index (χ2v) is 13.9. The van der Waals surface area contributed by atoms with Crippen LogP contribution in [0.3, 0.4) is 0 Å². The molecule has 12 heteroatoms. The highest BCUT2D eigenvalue weighted by Gasteiger charge is 2.33. The number of nitrogens with one attached hydrogen (secondary N) is 3. The van der Waals surface area contributed by atoms with Crippen LogP contribution in [0.15, 0.2) is 54.6 Å². The van der Waals surface area contributed by atoms with Gasteiger partial charge in [0.2, 0.25) is 17.7 Å². The lowest BCUT2D eigenvalue weighted by Crippen LogP contribution is -2.58. The largest absolute Gasteiger partial charge is 0.462 e. The van der Waals surface area contributed by atoms with E-state index in [1.165, 1.54) is 11.8 Å². The standard InChI is InChI=1S/C35H48N4O7S/c1-23-15-17-25(18-16-23)21-47-22-29(39-34(44)46-35(2,3)4)33(43)38-28(20-30(40)45-26-13-9-6-10-14-26)32(42)37-27(31(36)41)19-24-11-7-5-8-12-24/h5,7-8,11-12,15-18,26-29H,6,9-10,13-14,19-22H2,1-4H3,(H2,36,41)(H,37,42)(H,38,43)(H,39,44)/t27-,28-,29-/m0/s1. The SMILES string of the molecule is Cc1ccc(CSC[C@H](NC(=O)OC(C)(C)C)C(=O)N[C@@H](CC(=O)OC2CCCCC2)C(=O)N[C@@H](Cc2ccccc2)C(N)=O)cc1. The molecule has 256 valence electrons. The van der Waals surface area contributed by atoms with E-state index in [9.17, 15) is 24.0 Å². The van der Waals surface area contributed by atoms with Gasteiger partial charge in [-0.25, -0.2) is 4.79 Å². The Morgan fingerprint density at radius 3 is 2.06 bits per heavy atom. The minimum atomic E-state index is -1.40. The molecule has 3 atom stereocenters. The number of hydrogen-bond acceptors (Lipinski definition) is 8. The molecule has 0 aromatic heterocycles. The van der Waals surface area contributed by atoms with Gasteiger partial charge in [-0.15, -0.1) is 0 Å². The van der Waals surface area contributed by atoms with Crippen LogP contribution < -0.4 is 21.7 Å². The van der Waals surface area contributed by atoms with Crippen molar-refractivity contribution in [3.8, 4) is 0 Å². The number of nitrogens with two attached hydrogens (primary N) is 1. The molecule has 0 heterocycles. The van der Waals surface area contributed by atoms with Crippen LogP contribution >= 0.6 is 11.8 Å². The number of carbonyl (C=O) groups is 5. The first-order valence-corrected chi connectivity index (χ1v) is 17.2. The number of hydrogen-bond donors (Lipinski definition) is 4. The van der Waals surface area contributed by atoms with Crippen molar-refractivity contribution in [1.82, 2.24) is 16.0 Å². The monoisotopic (exact) mass is 668 g/mol. The predicted octanol–water partition coefficient (Wildman–Crippen LogP) is 4.09. The number of aryl methyl sites for hydroxylation is 1. The van der Waals surface area contributed by atoms with Crippen molar-refractivity contribution < 1.29 is 33.4 Å². The Morgan fingerprint density at radius 2 is 1.45 bits per heavy atom. The zero-order valence-corrected chi connectivity index (χ0v) is 28.5. The second-order valence-electron chi connectivity index (χ2n) is 12.9. The first kappa shape index (κ1) is 37.4. The van der Waals surface area contributed by atoms with Gasteiger partial charge in [-0.2, -0.15) is 11.8 Å². The molecule has 2 aromatic carbocycles. The van der Waals surface area contributed by atoms with Gasteiger partial charge in [-0.1, -0.05) is 66.6 Å². The molecule has 3 rings (SSSR count). The fraction of sp³-hybridized carbons (Fsp3) is 0.514. The molecule has 2 aromatic rings. The highest BCUT2D eigenvalue weighted by atomic mass is 32.2. The summed E-state index contributed by atoms with van der Waals surface area (Å²) in [5.41, 5.74) is 7.74. The molecule has 4 amide bonds. The third-order valence-corrected chi connectivity index (χ3v) is 8.58. The molecule has 47 heavy (non-hydrogen) atoms. The maximum atomic E-state index is 13.7. The molecule has 1 fully saturated rings. The molecule has 0 spiro atoms. The molecule has 0 saturated heterocycles. The Morgan fingerprint density at radius 1 is 0.830 bits per heavy atom. The number of amides is 4. The topological polar surface area (TPSA) is 166 Å². The van der Waals surface area contributed by atoms with Crippen LogP contribution in [0.25, 0.3) is 0 Å². The van der Waals surface area contributed by atoms with Gasteiger partial charge in [-0.05, 0) is 64.5 Å². The van der Waals surface area contributed by atoms with Crippen LogP contribution in [0.2, 0.25) is 0 Å². The molecule has 1 aliphatic rings. The first-order valence-electron chi connectivity index (χ1n) is 16.1. The van der Waals surface area contributed by atoms with Gasteiger partial charge < -0.3 is 31.2 Å². The lowest BCUT2D eigenvalue weighted by molar-refractivity contribution is -0.152. The van der Waals surface area contributed by atoms with E-state index < -0.39 is 59.9 Å². The number of alkyl carbamates (subject to hydrolysis) is 1. The van der Waals surface area contributed by atoms with Gasteiger partial charge in [0.1, 0.15) is 29.8 Å². The number of esters is 1. The van der Waals surface area contributed by atoms with Gasteiger partial charge in [-0.3, -0.25) is 19.2 Å². The molecule has 0 aliphatic heterocycles. The van der Waals surface area contributed by atoms with Gasteiger partial charge in [0.05, 0.1) is 6.42 Å². The molecule has 5 N–H and O–H groups in total. The van der Waals surface area contributed by atoms with Crippen LogP contribution in [0, 0.1) is 6.92 Å². The smallest absolute Gasteiger partial charge is 0.408 e. The van der Waals surface area contributed by atoms with Crippen molar-refractivity contribution in [2.45, 2.75) is 108 Å². The van der Waals surface area contributed by atoms with E-state index in [4.69, 9.17) is 15.2 Å². The van der Waals surface area contributed by atoms with Crippen molar-refractivity contribution >= 4 is 41.5 Å². The van der Waals surface area contributed by atoms with Gasteiger partial charge in [0.25, 0.3) is 0 Å². The summed E-state index contributed by atoms with van der Waals surface area (Å²) in [6.07, 6.45) is 3.00. The van der Waals surface area contributed by atoms with Crippen LogP contribution in [0.4, 0.5) is 4.79 Å². The van der Waals surface area contributed by atoms with Crippen molar-refractivity contribution in [3.05, 3.63) is 71.3 Å². The van der Waals surface area contributed by atoms with Crippen LogP contribution in [0.1, 0.15) is 76.0 Å². The second kappa shape index (κ2) is 18.3. The van der Waals surface area contributed by atoms with Gasteiger partial charge in [0, 0.05) is 17.9 Å². The highest BCUT2D eigenvalue weighted by Crippen LogP contribution is 2.21. The van der Waals surface area contributed by atoms with Crippen molar-refractivity contribution in [2.75, 3.05) is 5.75 Å². The summed E-state index contributed by atoms with van der Waals surface area (Å²) < 4.78 is 11.0. The minimum Gasteiger partial charge on any atom is -0.462 e. The van der Waals surface area contributed by atoms with E-state index in [-0.39, 0.29) is 18.3 Å². The number of benzene rings is 2. The Balaban J connectivity index is 1.78. The third kappa shape index (κ3) is 14.1. The normalized spacial score (nSPS) is 15.4. The zero-order valence-electron chi connectivity index (χ0n) is 27.7. The van der Waals surface area contributed by atoms with Crippen LogP contribution in [0.5, 0.6) is 0 Å². The molecular formula is C35H48N4O7S. The average molecular weight is 669 g/mol. The lowest BCUT2D eigenvalue weighted by atomic mass is 9.98. The summed E-state index contributed by atoms with van der Waals surface area (Å²) in [7, 11) is 0. The molecule has 1 saturated carbocycles. The number of primary amides is 1. The maximum Gasteiger partial charge on any atom is 0.408 e. The summed E-state index contributed by atoms with van der Waals surface area (Å²) in [5.74, 6) is -2.18. The zero-order chi connectivity index (χ0) is 34.4. The lowest BCUT2D eigenvalue weighted by Gasteiger charge is -2.27. The quantitative estimate of drug-likeness (QED) is 0.206. The molecular weight excluding hydrogens is 620 g/mol. The number of carbonyl (C=O) groups excluding carboxylic acids is 5. The minimum absolute atomic E-state index is 0.119. The maximum absolute atomic E-state index is 13.7. The van der Waals surface area contributed by atoms with Crippen molar-refractivity contribution in [1.29, 1.82) is 0 Å². The molecule has 1 aliphatic carbocycles. The molecule has 0 radical (unpaired) electrons. The summed E-state index contributed by atoms with van der Waals surface area (Å²) in [4.78, 5) is 65.4. The van der Waals surface area contributed by atoms with Crippen molar-refractivity contribution in [3.63, 3.8) is 0 Å². The fourth-order valence-electron chi connectivity index (χ4n) is 5.02. The van der Waals surface area contributed by atoms with Crippen LogP contribution in [-0.4, -0.2) is 65.4 Å². The van der Waals surface area contributed by atoms with Gasteiger partial charge in [0.15, 0.2) is 0 Å². The molecule has 0 bridgehead atoms. The third-order valence-electron chi connectivity index (χ3n) is 7.48. The number of ether oxygens (including phenoxy) is 2. The number of thioether (sulfide) groups is 1. The molecule has 11 nitrogen and oxygen atoms in total. The van der Waals surface area contributed by atoms with E-state index >= 15 is 0 Å². The Kier molecular flexibility index (Phi) is 14.6. The summed E-state index contributed by atoms with van der Waals surface area (Å²) in [6, 6.07) is 13.4. The Hall–Kier alpha value is -4.06. The number of rotatable bonds is 15. The van der Waals surface area contributed by atoms with E-state index in [2.05, 4.69) is 16.0 Å². The Bertz CT molecular complexity index is 1340. The van der Waals surface area contributed by atoms with Gasteiger partial charge >= 0.3 is 12.1 Å². The van der Waals surface area contributed by atoms with E-state index in [0.29, 0.717) is 5.75 Å².